The molecule has 0 bridgehead atoms. The topological polar surface area (TPSA) is 64.7 Å². The maximum atomic E-state index is 6.09. The van der Waals surface area contributed by atoms with E-state index in [4.69, 9.17) is 40.5 Å². The lowest BCUT2D eigenvalue weighted by molar-refractivity contribution is 0.912. The van der Waals surface area contributed by atoms with Crippen LogP contribution < -0.4 is 5.73 Å². The molecule has 4 nitrogen and oxygen atoms in total. The van der Waals surface area contributed by atoms with Crippen molar-refractivity contribution >= 4 is 53.2 Å². The van der Waals surface area contributed by atoms with Gasteiger partial charge in [0.2, 0.25) is 0 Å². The van der Waals surface area contributed by atoms with Gasteiger partial charge in [0.15, 0.2) is 11.6 Å². The van der Waals surface area contributed by atoms with E-state index in [0.717, 1.165) is 0 Å². The van der Waals surface area contributed by atoms with E-state index in [9.17, 15) is 0 Å². The second-order valence-electron chi connectivity index (χ2n) is 3.37. The highest BCUT2D eigenvalue weighted by molar-refractivity contribution is 7.79. The van der Waals surface area contributed by atoms with Crippen LogP contribution in [0, 0.1) is 0 Å². The van der Waals surface area contributed by atoms with Gasteiger partial charge in [-0.1, -0.05) is 34.8 Å². The standard InChI is InChI=1S/C10H7Cl3N4S/c11-4-1-5(8(13)6(12)2-4)9-10(14)15-7(3-18)16-17-9/h1-2,18H,3H2,(H2,14,15,16). The van der Waals surface area contributed by atoms with Crippen molar-refractivity contribution in [3.8, 4) is 11.3 Å². The van der Waals surface area contributed by atoms with E-state index in [-0.39, 0.29) is 5.82 Å². The zero-order chi connectivity index (χ0) is 13.3. The van der Waals surface area contributed by atoms with Gasteiger partial charge < -0.3 is 5.73 Å². The molecule has 0 fully saturated rings. The number of nitrogens with two attached hydrogens (primary N) is 1. The minimum Gasteiger partial charge on any atom is -0.382 e. The fraction of sp³-hybridized carbons (Fsp3) is 0.100. The molecular weight excluding hydrogens is 315 g/mol. The summed E-state index contributed by atoms with van der Waals surface area (Å²) in [5, 5.41) is 8.90. The molecule has 18 heavy (non-hydrogen) atoms. The Hall–Kier alpha value is -0.750. The molecule has 8 heteroatoms. The maximum absolute atomic E-state index is 6.09. The first-order valence-electron chi connectivity index (χ1n) is 4.77. The summed E-state index contributed by atoms with van der Waals surface area (Å²) in [6.45, 7) is 0. The zero-order valence-corrected chi connectivity index (χ0v) is 12.0. The summed E-state index contributed by atoms with van der Waals surface area (Å²) in [6.07, 6.45) is 0. The summed E-state index contributed by atoms with van der Waals surface area (Å²) in [7, 11) is 0. The molecule has 0 radical (unpaired) electrons. The summed E-state index contributed by atoms with van der Waals surface area (Å²) >= 11 is 22.0. The molecule has 2 N–H and O–H groups in total. The molecule has 1 heterocycles. The highest BCUT2D eigenvalue weighted by atomic mass is 35.5. The number of rotatable bonds is 2. The first-order chi connectivity index (χ1) is 8.52. The largest absolute Gasteiger partial charge is 0.382 e. The van der Waals surface area contributed by atoms with Gasteiger partial charge in [-0.15, -0.1) is 10.2 Å². The molecule has 0 atom stereocenters. The van der Waals surface area contributed by atoms with Crippen LogP contribution in [0.4, 0.5) is 5.82 Å². The molecule has 0 aliphatic carbocycles. The Labute approximate surface area is 124 Å². The number of anilines is 1. The van der Waals surface area contributed by atoms with Crippen molar-refractivity contribution in [1.82, 2.24) is 15.2 Å². The fourth-order valence-electron chi connectivity index (χ4n) is 1.36. The van der Waals surface area contributed by atoms with E-state index in [1.807, 2.05) is 0 Å². The van der Waals surface area contributed by atoms with E-state index in [1.165, 1.54) is 6.07 Å². The summed E-state index contributed by atoms with van der Waals surface area (Å²) in [5.74, 6) is 0.986. The number of halogens is 3. The molecule has 2 aromatic rings. The van der Waals surface area contributed by atoms with Crippen molar-refractivity contribution in [2.45, 2.75) is 5.75 Å². The van der Waals surface area contributed by atoms with Crippen molar-refractivity contribution in [3.63, 3.8) is 0 Å². The predicted molar refractivity (Wildman–Crippen MR) is 77.4 cm³/mol. The molecule has 0 aliphatic heterocycles. The van der Waals surface area contributed by atoms with Gasteiger partial charge in [-0.3, -0.25) is 0 Å². The van der Waals surface area contributed by atoms with Crippen molar-refractivity contribution in [3.05, 3.63) is 33.0 Å². The van der Waals surface area contributed by atoms with Gasteiger partial charge in [0, 0.05) is 10.6 Å². The third-order valence-corrected chi connectivity index (χ3v) is 3.45. The molecule has 0 aliphatic rings. The van der Waals surface area contributed by atoms with E-state index >= 15 is 0 Å². The smallest absolute Gasteiger partial charge is 0.162 e. The number of nitrogens with zero attached hydrogens (tertiary/aromatic N) is 3. The van der Waals surface area contributed by atoms with E-state index in [1.54, 1.807) is 6.07 Å². The number of benzene rings is 1. The molecule has 0 amide bonds. The average Bonchev–Trinajstić information content (AvgIpc) is 2.34. The number of thiol groups is 1. The lowest BCUT2D eigenvalue weighted by Crippen LogP contribution is -2.04. The second kappa shape index (κ2) is 5.48. The van der Waals surface area contributed by atoms with Crippen molar-refractivity contribution in [2.24, 2.45) is 0 Å². The quantitative estimate of drug-likeness (QED) is 0.656. The zero-order valence-electron chi connectivity index (χ0n) is 8.86. The monoisotopic (exact) mass is 320 g/mol. The molecular formula is C10H7Cl3N4S. The number of nitrogen functional groups attached to an aromatic ring is 1. The van der Waals surface area contributed by atoms with Crippen LogP contribution >= 0.6 is 47.4 Å². The van der Waals surface area contributed by atoms with Crippen LogP contribution in [0.5, 0.6) is 0 Å². The van der Waals surface area contributed by atoms with E-state index in [2.05, 4.69) is 27.8 Å². The van der Waals surface area contributed by atoms with Gasteiger partial charge in [0.25, 0.3) is 0 Å². The van der Waals surface area contributed by atoms with Crippen molar-refractivity contribution in [1.29, 1.82) is 0 Å². The van der Waals surface area contributed by atoms with Gasteiger partial charge >= 0.3 is 0 Å². The van der Waals surface area contributed by atoms with E-state index in [0.29, 0.717) is 37.9 Å². The Balaban J connectivity index is 2.62. The minimum atomic E-state index is 0.203. The van der Waals surface area contributed by atoms with Gasteiger partial charge in [-0.2, -0.15) is 12.6 Å². The molecule has 0 saturated heterocycles. The second-order valence-corrected chi connectivity index (χ2v) is 4.91. The summed E-state index contributed by atoms with van der Waals surface area (Å²) in [5.41, 5.74) is 6.65. The summed E-state index contributed by atoms with van der Waals surface area (Å²) in [4.78, 5) is 4.05. The normalized spacial score (nSPS) is 10.7. The highest BCUT2D eigenvalue weighted by Gasteiger charge is 2.15. The van der Waals surface area contributed by atoms with Gasteiger partial charge in [-0.25, -0.2) is 4.98 Å². The number of hydrogen-bond acceptors (Lipinski definition) is 5. The van der Waals surface area contributed by atoms with Gasteiger partial charge in [0.1, 0.15) is 5.69 Å². The molecule has 0 spiro atoms. The van der Waals surface area contributed by atoms with Crippen LogP contribution in [0.2, 0.25) is 15.1 Å². The molecule has 0 saturated carbocycles. The Bertz CT molecular complexity index is 606. The first-order valence-corrected chi connectivity index (χ1v) is 6.54. The van der Waals surface area contributed by atoms with Crippen LogP contribution in [0.25, 0.3) is 11.3 Å². The third-order valence-electron chi connectivity index (χ3n) is 2.15. The van der Waals surface area contributed by atoms with Crippen molar-refractivity contribution in [2.75, 3.05) is 5.73 Å². The van der Waals surface area contributed by atoms with Crippen LogP contribution in [0.15, 0.2) is 12.1 Å². The number of hydrogen-bond donors (Lipinski definition) is 2. The van der Waals surface area contributed by atoms with E-state index < -0.39 is 0 Å². The van der Waals surface area contributed by atoms with Crippen LogP contribution in [0.3, 0.4) is 0 Å². The van der Waals surface area contributed by atoms with Crippen molar-refractivity contribution < 1.29 is 0 Å². The Kier molecular flexibility index (Phi) is 4.17. The Morgan fingerprint density at radius 3 is 2.50 bits per heavy atom. The van der Waals surface area contributed by atoms with Crippen LogP contribution in [-0.2, 0) is 5.75 Å². The van der Waals surface area contributed by atoms with Crippen LogP contribution in [-0.4, -0.2) is 15.2 Å². The average molecular weight is 322 g/mol. The Morgan fingerprint density at radius 2 is 1.89 bits per heavy atom. The lowest BCUT2D eigenvalue weighted by Gasteiger charge is -2.08. The molecule has 1 aromatic heterocycles. The minimum absolute atomic E-state index is 0.203. The predicted octanol–water partition coefficient (Wildman–Crippen LogP) is 3.51. The Morgan fingerprint density at radius 1 is 1.17 bits per heavy atom. The maximum Gasteiger partial charge on any atom is 0.162 e. The molecule has 94 valence electrons. The van der Waals surface area contributed by atoms with Crippen LogP contribution in [0.1, 0.15) is 5.82 Å². The molecule has 0 unspecified atom stereocenters. The molecule has 2 rings (SSSR count). The third kappa shape index (κ3) is 2.64. The van der Waals surface area contributed by atoms with Gasteiger partial charge in [0.05, 0.1) is 15.8 Å². The lowest BCUT2D eigenvalue weighted by atomic mass is 10.1. The van der Waals surface area contributed by atoms with Gasteiger partial charge in [-0.05, 0) is 12.1 Å². The fourth-order valence-corrected chi connectivity index (χ4v) is 2.19. The summed E-state index contributed by atoms with van der Waals surface area (Å²) < 4.78 is 0. The SMILES string of the molecule is Nc1nc(CS)nnc1-c1cc(Cl)cc(Cl)c1Cl. The summed E-state index contributed by atoms with van der Waals surface area (Å²) in [6, 6.07) is 3.15. The molecule has 1 aromatic carbocycles. The highest BCUT2D eigenvalue weighted by Crippen LogP contribution is 2.36. The number of aromatic nitrogens is 3. The first kappa shape index (κ1) is 13.7.